The summed E-state index contributed by atoms with van der Waals surface area (Å²) in [6.45, 7) is 1.35. The van der Waals surface area contributed by atoms with Crippen LogP contribution in [0, 0.1) is 0 Å². The highest BCUT2D eigenvalue weighted by Gasteiger charge is 2.46. The first-order valence-electron chi connectivity index (χ1n) is 4.46. The maximum Gasteiger partial charge on any atom is 0.509 e. The molecule has 0 amide bonds. The van der Waals surface area contributed by atoms with Gasteiger partial charge in [-0.05, 0) is 6.92 Å². The molecule has 2 aliphatic heterocycles. The zero-order valence-electron chi connectivity index (χ0n) is 7.91. The summed E-state index contributed by atoms with van der Waals surface area (Å²) in [5, 5.41) is 9.70. The number of ether oxygens (including phenoxy) is 4. The van der Waals surface area contributed by atoms with E-state index in [9.17, 15) is 14.7 Å². The van der Waals surface area contributed by atoms with Crippen molar-refractivity contribution in [1.82, 2.24) is 0 Å². The summed E-state index contributed by atoms with van der Waals surface area (Å²) < 4.78 is 18.7. The third-order valence-corrected chi connectivity index (χ3v) is 2.31. The molecule has 0 aliphatic carbocycles. The number of aliphatic hydroxyl groups is 1. The normalized spacial score (nSPS) is 40.1. The van der Waals surface area contributed by atoms with Crippen LogP contribution in [0.1, 0.15) is 6.92 Å². The minimum Gasteiger partial charge on any atom is -0.430 e. The van der Waals surface area contributed by atoms with E-state index in [4.69, 9.17) is 14.2 Å². The van der Waals surface area contributed by atoms with Gasteiger partial charge in [0.1, 0.15) is 18.8 Å². The summed E-state index contributed by atoms with van der Waals surface area (Å²) in [4.78, 5) is 21.9. The Hall–Kier alpha value is -1.50. The van der Waals surface area contributed by atoms with Crippen LogP contribution in [0.15, 0.2) is 0 Å². The summed E-state index contributed by atoms with van der Waals surface area (Å²) in [5.74, 6) is 0. The first-order valence-corrected chi connectivity index (χ1v) is 4.46. The lowest BCUT2D eigenvalue weighted by molar-refractivity contribution is -0.132. The Morgan fingerprint density at radius 2 is 1.93 bits per heavy atom. The Kier molecular flexibility index (Phi) is 2.39. The van der Waals surface area contributed by atoms with Crippen LogP contribution >= 0.6 is 0 Å². The van der Waals surface area contributed by atoms with Crippen LogP contribution < -0.4 is 0 Å². The number of cyclic esters (lactones) is 2. The van der Waals surface area contributed by atoms with E-state index in [1.165, 1.54) is 6.92 Å². The summed E-state index contributed by atoms with van der Waals surface area (Å²) in [7, 11) is 0. The van der Waals surface area contributed by atoms with Gasteiger partial charge in [0.05, 0.1) is 0 Å². The molecule has 84 valence electrons. The largest absolute Gasteiger partial charge is 0.509 e. The van der Waals surface area contributed by atoms with Crippen molar-refractivity contribution >= 4 is 12.3 Å². The molecule has 2 fully saturated rings. The Bertz CT molecular complexity index is 289. The molecule has 0 aromatic carbocycles. The maximum atomic E-state index is 11.0. The molecule has 0 aromatic heterocycles. The molecule has 0 radical (unpaired) electrons. The lowest BCUT2D eigenvalue weighted by Crippen LogP contribution is -2.50. The van der Waals surface area contributed by atoms with E-state index in [-0.39, 0.29) is 6.61 Å². The lowest BCUT2D eigenvalue weighted by Gasteiger charge is -2.30. The van der Waals surface area contributed by atoms with E-state index >= 15 is 0 Å². The van der Waals surface area contributed by atoms with Gasteiger partial charge in [-0.1, -0.05) is 0 Å². The molecule has 2 rings (SSSR count). The predicted molar refractivity (Wildman–Crippen MR) is 43.0 cm³/mol. The molecule has 1 N–H and O–H groups in total. The molecule has 0 spiro atoms. The van der Waals surface area contributed by atoms with Crippen molar-refractivity contribution in [3.8, 4) is 0 Å². The van der Waals surface area contributed by atoms with E-state index in [0.29, 0.717) is 0 Å². The van der Waals surface area contributed by atoms with Crippen molar-refractivity contribution in [3.05, 3.63) is 0 Å². The van der Waals surface area contributed by atoms with Gasteiger partial charge in [0, 0.05) is 0 Å². The van der Waals surface area contributed by atoms with Gasteiger partial charge in [-0.25, -0.2) is 9.59 Å². The Morgan fingerprint density at radius 3 is 2.67 bits per heavy atom. The average Bonchev–Trinajstić information content (AvgIpc) is 2.27. The number of carbonyl (C=O) groups is 2. The van der Waals surface area contributed by atoms with Crippen LogP contribution in [0.3, 0.4) is 0 Å². The number of aliphatic hydroxyl groups excluding tert-OH is 1. The third kappa shape index (κ3) is 1.82. The second kappa shape index (κ2) is 3.58. The van der Waals surface area contributed by atoms with Crippen LogP contribution in [-0.4, -0.2) is 48.4 Å². The van der Waals surface area contributed by atoms with Gasteiger partial charge in [-0.2, -0.15) is 0 Å². The average molecular weight is 218 g/mol. The van der Waals surface area contributed by atoms with Gasteiger partial charge >= 0.3 is 12.3 Å². The van der Waals surface area contributed by atoms with E-state index < -0.39 is 36.7 Å². The molecule has 0 aromatic rings. The highest BCUT2D eigenvalue weighted by atomic mass is 16.8. The van der Waals surface area contributed by atoms with Crippen molar-refractivity contribution in [2.24, 2.45) is 0 Å². The van der Waals surface area contributed by atoms with E-state index in [1.807, 2.05) is 0 Å². The molecule has 15 heavy (non-hydrogen) atoms. The Labute approximate surface area is 84.9 Å². The standard InChI is InChI=1S/C8H10O7/c1-3-5(9)6-4(14-8(11)13-3)2-12-7(10)15-6/h3-6,9H,2H2,1H3. The molecule has 4 atom stereocenters. The minimum atomic E-state index is -1.12. The van der Waals surface area contributed by atoms with Crippen molar-refractivity contribution in [1.29, 1.82) is 0 Å². The molecule has 2 aliphatic rings. The number of rotatable bonds is 0. The fourth-order valence-electron chi connectivity index (χ4n) is 1.50. The molecular weight excluding hydrogens is 208 g/mol. The zero-order chi connectivity index (χ0) is 11.0. The molecule has 4 unspecified atom stereocenters. The third-order valence-electron chi connectivity index (χ3n) is 2.31. The number of fused-ring (bicyclic) bond motifs is 1. The number of hydrogen-bond acceptors (Lipinski definition) is 7. The monoisotopic (exact) mass is 218 g/mol. The number of carbonyl (C=O) groups excluding carboxylic acids is 2. The highest BCUT2D eigenvalue weighted by Crippen LogP contribution is 2.23. The van der Waals surface area contributed by atoms with E-state index in [2.05, 4.69) is 4.74 Å². The quantitative estimate of drug-likeness (QED) is 0.563. The van der Waals surface area contributed by atoms with E-state index in [0.717, 1.165) is 0 Å². The second-order valence-electron chi connectivity index (χ2n) is 3.36. The van der Waals surface area contributed by atoms with Crippen LogP contribution in [0.5, 0.6) is 0 Å². The molecular formula is C8H10O7. The van der Waals surface area contributed by atoms with Gasteiger partial charge in [-0.3, -0.25) is 0 Å². The Morgan fingerprint density at radius 1 is 1.20 bits per heavy atom. The molecule has 0 saturated carbocycles. The fourth-order valence-corrected chi connectivity index (χ4v) is 1.50. The van der Waals surface area contributed by atoms with Crippen LogP contribution in [-0.2, 0) is 18.9 Å². The topological polar surface area (TPSA) is 91.3 Å². The SMILES string of the molecule is CC1OC(=O)OC2COC(=O)OC2C1O. The van der Waals surface area contributed by atoms with Gasteiger partial charge in [-0.15, -0.1) is 0 Å². The fraction of sp³-hybridized carbons (Fsp3) is 0.750. The van der Waals surface area contributed by atoms with Crippen molar-refractivity contribution < 1.29 is 33.6 Å². The van der Waals surface area contributed by atoms with Gasteiger partial charge in [0.2, 0.25) is 0 Å². The van der Waals surface area contributed by atoms with Crippen LogP contribution in [0.4, 0.5) is 9.59 Å². The molecule has 2 heterocycles. The smallest absolute Gasteiger partial charge is 0.430 e. The molecule has 2 saturated heterocycles. The summed E-state index contributed by atoms with van der Waals surface area (Å²) in [6, 6.07) is 0. The molecule has 7 nitrogen and oxygen atoms in total. The maximum absolute atomic E-state index is 11.0. The van der Waals surface area contributed by atoms with Crippen molar-refractivity contribution in [3.63, 3.8) is 0 Å². The van der Waals surface area contributed by atoms with Gasteiger partial charge in [0.25, 0.3) is 0 Å². The van der Waals surface area contributed by atoms with Crippen molar-refractivity contribution in [2.75, 3.05) is 6.61 Å². The second-order valence-corrected chi connectivity index (χ2v) is 3.36. The molecule has 7 heteroatoms. The zero-order valence-corrected chi connectivity index (χ0v) is 7.91. The summed E-state index contributed by atoms with van der Waals surface area (Å²) in [6.07, 6.45) is -5.47. The predicted octanol–water partition coefficient (Wildman–Crippen LogP) is -0.193. The van der Waals surface area contributed by atoms with E-state index in [1.54, 1.807) is 0 Å². The first kappa shape index (κ1) is 10.0. The van der Waals surface area contributed by atoms with Crippen LogP contribution in [0.25, 0.3) is 0 Å². The van der Waals surface area contributed by atoms with Gasteiger partial charge in [0.15, 0.2) is 12.2 Å². The first-order chi connectivity index (χ1) is 7.08. The summed E-state index contributed by atoms with van der Waals surface area (Å²) in [5.41, 5.74) is 0. The Balaban J connectivity index is 2.18. The highest BCUT2D eigenvalue weighted by molar-refractivity contribution is 5.63. The van der Waals surface area contributed by atoms with Crippen molar-refractivity contribution in [2.45, 2.75) is 31.3 Å². The number of hydrogen-bond donors (Lipinski definition) is 1. The summed E-state index contributed by atoms with van der Waals surface area (Å²) >= 11 is 0. The lowest BCUT2D eigenvalue weighted by atomic mass is 10.0. The van der Waals surface area contributed by atoms with Crippen LogP contribution in [0.2, 0.25) is 0 Å². The van der Waals surface area contributed by atoms with Gasteiger partial charge < -0.3 is 24.1 Å². The minimum absolute atomic E-state index is 0.137. The molecule has 0 bridgehead atoms.